The minimum atomic E-state index is -5.17. The first kappa shape index (κ1) is 38.3. The van der Waals surface area contributed by atoms with Crippen molar-refractivity contribution in [2.24, 2.45) is 0 Å². The fraction of sp³-hybridized carbons (Fsp3) is 0. The first-order valence-corrected chi connectivity index (χ1v) is 8.00. The van der Waals surface area contributed by atoms with E-state index < -0.39 is 41.6 Å². The Bertz CT molecular complexity index is 479. The first-order chi connectivity index (χ1) is 8.00. The molecule has 0 aromatic rings. The van der Waals surface area contributed by atoms with Crippen LogP contribution in [0.4, 0.5) is 0 Å². The third kappa shape index (κ3) is 22200. The molecule has 22 heavy (non-hydrogen) atoms. The van der Waals surface area contributed by atoms with Gasteiger partial charge in [0.05, 0.1) is 0 Å². The fourth-order valence-electron chi connectivity index (χ4n) is 0. The molecule has 16 nitrogen and oxygen atoms in total. The van der Waals surface area contributed by atoms with Gasteiger partial charge in [-0.1, -0.05) is 0 Å². The second-order valence-corrected chi connectivity index (χ2v) is 4.90. The molecule has 0 atom stereocenters. The summed E-state index contributed by atoms with van der Waals surface area (Å²) < 4.78 is 136. The molecule has 0 N–H and O–H groups in total. The largest absolute Gasteiger partial charge is 5.00 e. The number of hydrogen-bond acceptors (Lipinski definition) is 16. The van der Waals surface area contributed by atoms with E-state index in [4.69, 9.17) is 70.1 Å². The molecule has 0 fully saturated rings. The van der Waals surface area contributed by atoms with Gasteiger partial charge in [-0.15, -0.1) is 0 Å². The van der Waals surface area contributed by atoms with Crippen molar-refractivity contribution < 1.29 is 88.6 Å². The van der Waals surface area contributed by atoms with E-state index in [1.54, 1.807) is 0 Å². The Hall–Kier alpha value is 0.597. The van der Waals surface area contributed by atoms with Gasteiger partial charge in [-0.05, 0) is 0 Å². The van der Waals surface area contributed by atoms with Crippen LogP contribution in [0.5, 0.6) is 0 Å². The maximum Gasteiger partial charge on any atom is 5.00 e. The zero-order valence-electron chi connectivity index (χ0n) is 9.19. The van der Waals surface area contributed by atoms with Gasteiger partial charge in [0, 0.05) is 41.6 Å². The van der Waals surface area contributed by atoms with Gasteiger partial charge >= 0.3 is 35.9 Å². The van der Waals surface area contributed by atoms with Gasteiger partial charge in [-0.3, -0.25) is 33.7 Å². The summed E-state index contributed by atoms with van der Waals surface area (Å²) in [5.74, 6) is 0. The molecule has 0 heterocycles. The van der Waals surface area contributed by atoms with Crippen molar-refractivity contribution in [1.29, 1.82) is 0 Å². The molecule has 0 unspecified atom stereocenters. The van der Waals surface area contributed by atoms with Crippen LogP contribution in [0, 0.1) is 0 Å². The molecule has 0 saturated heterocycles. The SMILES string of the molecule is O=S(=O)([O-])[O-].O=S(=O)([O-])[O-].O=S(=O)([O-])[O-].O=S(=O)([O-])[O-].[Al+3].[V+5]. The van der Waals surface area contributed by atoms with Crippen LogP contribution in [0.25, 0.3) is 0 Å². The van der Waals surface area contributed by atoms with Gasteiger partial charge in [0.1, 0.15) is 0 Å². The Morgan fingerprint density at radius 1 is 0.364 bits per heavy atom. The normalized spacial score (nSPS) is 10.5. The van der Waals surface area contributed by atoms with Crippen LogP contribution in [0.15, 0.2) is 0 Å². The van der Waals surface area contributed by atoms with Gasteiger partial charge in [-0.25, -0.2) is 0 Å². The van der Waals surface area contributed by atoms with E-state index in [-0.39, 0.29) is 35.9 Å². The van der Waals surface area contributed by atoms with Crippen molar-refractivity contribution >= 4 is 59.0 Å². The molecule has 0 aromatic carbocycles. The average molecular weight is 462 g/mol. The second kappa shape index (κ2) is 15.1. The minimum Gasteiger partial charge on any atom is -0.759 e. The fourth-order valence-corrected chi connectivity index (χ4v) is 0. The van der Waals surface area contributed by atoms with Crippen molar-refractivity contribution in [2.75, 3.05) is 0 Å². The molecule has 0 radical (unpaired) electrons. The predicted molar refractivity (Wildman–Crippen MR) is 47.7 cm³/mol. The average Bonchev–Trinajstić information content (AvgIpc) is 1.62. The van der Waals surface area contributed by atoms with E-state index in [2.05, 4.69) is 0 Å². The number of rotatable bonds is 0. The first-order valence-electron chi connectivity index (χ1n) is 2.67. The standard InChI is InChI=1S/Al.4H2O4S.V/c;4*1-5(2,3)4;/h;4*(H2,1,2,3,4);/q+3;;;;;+5/p-8. The third-order valence-corrected chi connectivity index (χ3v) is 0. The Morgan fingerprint density at radius 2 is 0.364 bits per heavy atom. The topological polar surface area (TPSA) is 321 Å². The van der Waals surface area contributed by atoms with Crippen LogP contribution in [-0.4, -0.2) is 87.5 Å². The van der Waals surface area contributed by atoms with Crippen molar-refractivity contribution in [1.82, 2.24) is 0 Å². The van der Waals surface area contributed by atoms with E-state index in [0.29, 0.717) is 0 Å². The quantitative estimate of drug-likeness (QED) is 0.184. The predicted octanol–water partition coefficient (Wildman–Crippen LogP) is -5.74. The summed E-state index contributed by atoms with van der Waals surface area (Å²) >= 11 is 0. The van der Waals surface area contributed by atoms with Crippen LogP contribution in [-0.2, 0) is 60.2 Å². The molecule has 0 bridgehead atoms. The Labute approximate surface area is 147 Å². The van der Waals surface area contributed by atoms with Crippen LogP contribution < -0.4 is 0 Å². The summed E-state index contributed by atoms with van der Waals surface area (Å²) in [6.07, 6.45) is 0. The summed E-state index contributed by atoms with van der Waals surface area (Å²) in [6.45, 7) is 0. The Kier molecular flexibility index (Phi) is 26.3. The van der Waals surface area contributed by atoms with Gasteiger partial charge in [0.15, 0.2) is 0 Å². The maximum atomic E-state index is 8.52. The molecule has 0 saturated carbocycles. The third-order valence-electron chi connectivity index (χ3n) is 0. The molecule has 0 rings (SSSR count). The Morgan fingerprint density at radius 3 is 0.364 bits per heavy atom. The van der Waals surface area contributed by atoms with Crippen molar-refractivity contribution in [3.63, 3.8) is 0 Å². The van der Waals surface area contributed by atoms with Crippen LogP contribution in [0.1, 0.15) is 0 Å². The smallest absolute Gasteiger partial charge is 0.759 e. The van der Waals surface area contributed by atoms with E-state index in [9.17, 15) is 0 Å². The van der Waals surface area contributed by atoms with Crippen LogP contribution >= 0.6 is 0 Å². The van der Waals surface area contributed by atoms with Gasteiger partial charge in [-0.2, -0.15) is 0 Å². The van der Waals surface area contributed by atoms with Crippen LogP contribution in [0.2, 0.25) is 0 Å². The monoisotopic (exact) mass is 462 g/mol. The molecular weight excluding hydrogens is 462 g/mol. The van der Waals surface area contributed by atoms with Crippen LogP contribution in [0.3, 0.4) is 0 Å². The molecule has 0 aromatic heterocycles. The van der Waals surface area contributed by atoms with Gasteiger partial charge in [0.2, 0.25) is 0 Å². The molecule has 0 amide bonds. The van der Waals surface area contributed by atoms with Gasteiger partial charge in [0.25, 0.3) is 0 Å². The van der Waals surface area contributed by atoms with Gasteiger partial charge < -0.3 is 36.4 Å². The van der Waals surface area contributed by atoms with E-state index >= 15 is 0 Å². The molecule has 0 aliphatic rings. The van der Waals surface area contributed by atoms with Crippen molar-refractivity contribution in [3.8, 4) is 0 Å². The van der Waals surface area contributed by atoms with E-state index in [1.807, 2.05) is 0 Å². The molecule has 22 heteroatoms. The summed E-state index contributed by atoms with van der Waals surface area (Å²) in [6, 6.07) is 0. The van der Waals surface area contributed by atoms with Crippen molar-refractivity contribution in [2.45, 2.75) is 0 Å². The van der Waals surface area contributed by atoms with E-state index in [0.717, 1.165) is 0 Å². The second-order valence-electron chi connectivity index (χ2n) is 1.63. The summed E-state index contributed by atoms with van der Waals surface area (Å²) in [5.41, 5.74) is 0. The molecule has 0 aliphatic heterocycles. The van der Waals surface area contributed by atoms with Crippen molar-refractivity contribution in [3.05, 3.63) is 0 Å². The summed E-state index contributed by atoms with van der Waals surface area (Å²) in [4.78, 5) is 0. The summed E-state index contributed by atoms with van der Waals surface area (Å²) in [7, 11) is -20.7. The zero-order chi connectivity index (χ0) is 18.0. The number of hydrogen-bond donors (Lipinski definition) is 0. The zero-order valence-corrected chi connectivity index (χ0v) is 15.0. The molecular formula is AlO16S4V. The molecule has 0 spiro atoms. The summed E-state index contributed by atoms with van der Waals surface area (Å²) in [5, 5.41) is 0. The molecule has 0 aliphatic carbocycles. The van der Waals surface area contributed by atoms with E-state index in [1.165, 1.54) is 0 Å². The maximum absolute atomic E-state index is 8.52. The minimum absolute atomic E-state index is 0. The Balaban J connectivity index is -0.0000000376. The molecule has 128 valence electrons.